The third kappa shape index (κ3) is 5.24. The SMILES string of the molecule is COCCn1c(SCC(=O)N[C@@H]2CCCC[C@H]2C)nc2sc(-c3ccccc3)cc2c1=O. The highest BCUT2D eigenvalue weighted by atomic mass is 32.2. The van der Waals surface area contributed by atoms with Crippen molar-refractivity contribution in [3.8, 4) is 10.4 Å². The van der Waals surface area contributed by atoms with E-state index < -0.39 is 0 Å². The number of methoxy groups -OCH3 is 1. The van der Waals surface area contributed by atoms with Gasteiger partial charge in [0.25, 0.3) is 5.56 Å². The number of rotatable bonds is 8. The van der Waals surface area contributed by atoms with Crippen molar-refractivity contribution in [2.75, 3.05) is 19.5 Å². The van der Waals surface area contributed by atoms with Crippen LogP contribution in [0.3, 0.4) is 0 Å². The number of thiophene rings is 1. The topological polar surface area (TPSA) is 73.2 Å². The van der Waals surface area contributed by atoms with E-state index in [1.165, 1.54) is 35.9 Å². The van der Waals surface area contributed by atoms with Gasteiger partial charge >= 0.3 is 0 Å². The van der Waals surface area contributed by atoms with E-state index >= 15 is 0 Å². The number of hydrogen-bond acceptors (Lipinski definition) is 6. The van der Waals surface area contributed by atoms with Gasteiger partial charge in [-0.1, -0.05) is 61.9 Å². The number of hydrogen-bond donors (Lipinski definition) is 1. The van der Waals surface area contributed by atoms with Crippen molar-refractivity contribution in [3.63, 3.8) is 0 Å². The summed E-state index contributed by atoms with van der Waals surface area (Å²) >= 11 is 2.83. The maximum Gasteiger partial charge on any atom is 0.263 e. The lowest BCUT2D eigenvalue weighted by molar-refractivity contribution is -0.119. The summed E-state index contributed by atoms with van der Waals surface area (Å²) < 4.78 is 6.84. The molecule has 0 unspecified atom stereocenters. The number of thioether (sulfide) groups is 1. The van der Waals surface area contributed by atoms with Crippen molar-refractivity contribution in [1.29, 1.82) is 0 Å². The lowest BCUT2D eigenvalue weighted by Crippen LogP contribution is -2.42. The second-order valence-corrected chi connectivity index (χ2v) is 10.2. The number of nitrogens with zero attached hydrogens (tertiary/aromatic N) is 2. The highest BCUT2D eigenvalue weighted by Gasteiger charge is 2.23. The molecule has 170 valence electrons. The molecule has 32 heavy (non-hydrogen) atoms. The number of carbonyl (C=O) groups excluding carboxylic acids is 1. The van der Waals surface area contributed by atoms with Crippen LogP contribution in [0, 0.1) is 5.92 Å². The molecule has 6 nitrogen and oxygen atoms in total. The smallest absolute Gasteiger partial charge is 0.263 e. The third-order valence-electron chi connectivity index (χ3n) is 5.98. The van der Waals surface area contributed by atoms with Crippen molar-refractivity contribution >= 4 is 39.2 Å². The molecule has 0 radical (unpaired) electrons. The molecule has 3 aromatic rings. The van der Waals surface area contributed by atoms with Crippen LogP contribution in [0.15, 0.2) is 46.3 Å². The third-order valence-corrected chi connectivity index (χ3v) is 8.04. The van der Waals surface area contributed by atoms with E-state index in [1.807, 2.05) is 36.4 Å². The fraction of sp³-hybridized carbons (Fsp3) is 0.458. The maximum atomic E-state index is 13.3. The molecule has 1 fully saturated rings. The Kier molecular flexibility index (Phi) is 7.65. The molecule has 0 aliphatic heterocycles. The van der Waals surface area contributed by atoms with Gasteiger partial charge < -0.3 is 10.1 Å². The Labute approximate surface area is 196 Å². The molecule has 0 spiro atoms. The molecule has 1 aliphatic carbocycles. The summed E-state index contributed by atoms with van der Waals surface area (Å²) in [5.41, 5.74) is 0.975. The van der Waals surface area contributed by atoms with Gasteiger partial charge in [0.2, 0.25) is 5.91 Å². The minimum Gasteiger partial charge on any atom is -0.383 e. The van der Waals surface area contributed by atoms with E-state index in [1.54, 1.807) is 11.7 Å². The van der Waals surface area contributed by atoms with Crippen LogP contribution < -0.4 is 10.9 Å². The van der Waals surface area contributed by atoms with Gasteiger partial charge in [-0.3, -0.25) is 14.2 Å². The Morgan fingerprint density at radius 3 is 2.81 bits per heavy atom. The second kappa shape index (κ2) is 10.6. The molecule has 1 N–H and O–H groups in total. The van der Waals surface area contributed by atoms with Gasteiger partial charge in [-0.15, -0.1) is 11.3 Å². The molecule has 1 aromatic carbocycles. The molecule has 1 saturated carbocycles. The average molecular weight is 472 g/mol. The number of nitrogens with one attached hydrogen (secondary N) is 1. The van der Waals surface area contributed by atoms with Crippen LogP contribution in [0.25, 0.3) is 20.7 Å². The van der Waals surface area contributed by atoms with Gasteiger partial charge in [0.15, 0.2) is 5.16 Å². The zero-order chi connectivity index (χ0) is 22.5. The first kappa shape index (κ1) is 23.0. The molecule has 8 heteroatoms. The molecule has 1 aliphatic rings. The van der Waals surface area contributed by atoms with Crippen LogP contribution >= 0.6 is 23.1 Å². The summed E-state index contributed by atoms with van der Waals surface area (Å²) in [5, 5.41) is 4.35. The van der Waals surface area contributed by atoms with Gasteiger partial charge in [0, 0.05) is 18.0 Å². The zero-order valence-corrected chi connectivity index (χ0v) is 20.1. The minimum atomic E-state index is -0.0886. The lowest BCUT2D eigenvalue weighted by Gasteiger charge is -2.29. The van der Waals surface area contributed by atoms with Crippen LogP contribution in [0.2, 0.25) is 0 Å². The normalized spacial score (nSPS) is 18.7. The summed E-state index contributed by atoms with van der Waals surface area (Å²) in [6.45, 7) is 3.01. The maximum absolute atomic E-state index is 13.3. The van der Waals surface area contributed by atoms with Crippen LogP contribution in [0.1, 0.15) is 32.6 Å². The van der Waals surface area contributed by atoms with Gasteiger partial charge in [0.05, 0.1) is 24.3 Å². The second-order valence-electron chi connectivity index (χ2n) is 8.26. The predicted octanol–water partition coefficient (Wildman–Crippen LogP) is 4.56. The number of aromatic nitrogens is 2. The van der Waals surface area contributed by atoms with Crippen molar-refractivity contribution in [2.24, 2.45) is 5.92 Å². The van der Waals surface area contributed by atoms with E-state index in [0.29, 0.717) is 34.4 Å². The summed E-state index contributed by atoms with van der Waals surface area (Å²) in [7, 11) is 1.61. The first-order valence-corrected chi connectivity index (χ1v) is 12.9. The van der Waals surface area contributed by atoms with E-state index in [9.17, 15) is 9.59 Å². The lowest BCUT2D eigenvalue weighted by atomic mass is 9.86. The van der Waals surface area contributed by atoms with Crippen LogP contribution in [-0.2, 0) is 16.1 Å². The van der Waals surface area contributed by atoms with E-state index in [4.69, 9.17) is 9.72 Å². The number of benzene rings is 1. The predicted molar refractivity (Wildman–Crippen MR) is 131 cm³/mol. The molecule has 2 aromatic heterocycles. The van der Waals surface area contributed by atoms with Crippen molar-refractivity contribution < 1.29 is 9.53 Å². The zero-order valence-electron chi connectivity index (χ0n) is 18.5. The van der Waals surface area contributed by atoms with E-state index in [-0.39, 0.29) is 23.3 Å². The first-order valence-electron chi connectivity index (χ1n) is 11.1. The summed E-state index contributed by atoms with van der Waals surface area (Å²) in [5.74, 6) is 0.748. The van der Waals surface area contributed by atoms with Gasteiger partial charge in [-0.05, 0) is 30.4 Å². The summed E-state index contributed by atoms with van der Waals surface area (Å²) in [6.07, 6.45) is 4.61. The fourth-order valence-corrected chi connectivity index (χ4v) is 6.06. The summed E-state index contributed by atoms with van der Waals surface area (Å²) in [6, 6.07) is 12.2. The largest absolute Gasteiger partial charge is 0.383 e. The highest BCUT2D eigenvalue weighted by Crippen LogP contribution is 2.32. The molecule has 0 saturated heterocycles. The Bertz CT molecular complexity index is 1130. The van der Waals surface area contributed by atoms with E-state index in [2.05, 4.69) is 12.2 Å². The van der Waals surface area contributed by atoms with Crippen molar-refractivity contribution in [2.45, 2.75) is 50.4 Å². The number of amides is 1. The molecular weight excluding hydrogens is 442 g/mol. The van der Waals surface area contributed by atoms with Crippen LogP contribution in [-0.4, -0.2) is 41.0 Å². The monoisotopic (exact) mass is 471 g/mol. The number of carbonyl (C=O) groups is 1. The Morgan fingerprint density at radius 2 is 2.06 bits per heavy atom. The summed E-state index contributed by atoms with van der Waals surface area (Å²) in [4.78, 5) is 32.4. The molecule has 2 heterocycles. The molecule has 2 atom stereocenters. The minimum absolute atomic E-state index is 0.00228. The Hall–Kier alpha value is -2.16. The fourth-order valence-electron chi connectivity index (χ4n) is 4.14. The average Bonchev–Trinajstić information content (AvgIpc) is 3.24. The quantitative estimate of drug-likeness (QED) is 0.385. The number of ether oxygens (including phenoxy) is 1. The van der Waals surface area contributed by atoms with E-state index in [0.717, 1.165) is 23.3 Å². The Morgan fingerprint density at radius 1 is 1.28 bits per heavy atom. The highest BCUT2D eigenvalue weighted by molar-refractivity contribution is 7.99. The Balaban J connectivity index is 1.57. The molecule has 1 amide bonds. The van der Waals surface area contributed by atoms with Gasteiger partial charge in [-0.25, -0.2) is 4.98 Å². The van der Waals surface area contributed by atoms with Crippen molar-refractivity contribution in [1.82, 2.24) is 14.9 Å². The van der Waals surface area contributed by atoms with Crippen molar-refractivity contribution in [3.05, 3.63) is 46.8 Å². The standard InChI is InChI=1S/C24H29N3O3S2/c1-16-8-6-7-11-19(16)25-21(28)15-31-24-26-22-18(23(29)27(24)12-13-30-2)14-20(32-22)17-9-4-3-5-10-17/h3-5,9-10,14,16,19H,6-8,11-13,15H2,1-2H3,(H,25,28)/t16-,19-/m1/s1. The van der Waals surface area contributed by atoms with Crippen LogP contribution in [0.4, 0.5) is 0 Å². The first-order chi connectivity index (χ1) is 15.6. The van der Waals surface area contributed by atoms with Gasteiger partial charge in [-0.2, -0.15) is 0 Å². The number of fused-ring (bicyclic) bond motifs is 1. The van der Waals surface area contributed by atoms with Crippen LogP contribution in [0.5, 0.6) is 0 Å². The molecule has 0 bridgehead atoms. The molecule has 4 rings (SSSR count). The van der Waals surface area contributed by atoms with Gasteiger partial charge in [0.1, 0.15) is 4.83 Å². The molecular formula is C24H29N3O3S2.